The number of nitrogens with zero attached hydrogens (tertiary/aromatic N) is 1. The van der Waals surface area contributed by atoms with Gasteiger partial charge < -0.3 is 61.1 Å². The average Bonchev–Trinajstić information content (AvgIpc) is 3.26. The van der Waals surface area contributed by atoms with Crippen molar-refractivity contribution >= 4 is 23.4 Å². The summed E-state index contributed by atoms with van der Waals surface area (Å²) in [7, 11) is 1.58. The molecular formula is C44H60FN3O12. The van der Waals surface area contributed by atoms with E-state index in [1.54, 1.807) is 12.0 Å². The van der Waals surface area contributed by atoms with Crippen LogP contribution in [0, 0.1) is 11.7 Å². The normalized spacial score (nSPS) is 18.7. The fraction of sp³-hybridized carbons (Fsp3) is 0.523. The molecule has 9 atom stereocenters. The molecule has 3 amide bonds. The summed E-state index contributed by atoms with van der Waals surface area (Å²) < 4.78 is 18.7. The molecule has 16 heteroatoms. The molecule has 1 heterocycles. The smallest absolute Gasteiger partial charge is 0.233 e. The first-order chi connectivity index (χ1) is 28.7. The quantitative estimate of drug-likeness (QED) is 0.0412. The van der Waals surface area contributed by atoms with Crippen LogP contribution < -0.4 is 20.3 Å². The lowest BCUT2D eigenvalue weighted by Crippen LogP contribution is -2.55. The largest absolute Gasteiger partial charge is 0.497 e. The highest BCUT2D eigenvalue weighted by molar-refractivity contribution is 6.03. The fourth-order valence-electron chi connectivity index (χ4n) is 7.20. The summed E-state index contributed by atoms with van der Waals surface area (Å²) in [5.41, 5.74) is 2.97. The molecule has 1 saturated heterocycles. The predicted octanol–water partition coefficient (Wildman–Crippen LogP) is 2.06. The van der Waals surface area contributed by atoms with E-state index >= 15 is 0 Å². The first-order valence-electron chi connectivity index (χ1n) is 20.5. The molecule has 0 radical (unpaired) electrons. The van der Waals surface area contributed by atoms with Gasteiger partial charge in [0.25, 0.3) is 0 Å². The van der Waals surface area contributed by atoms with E-state index in [2.05, 4.69) is 10.6 Å². The number of β-lactam (4-membered cyclic amide) rings is 1. The van der Waals surface area contributed by atoms with Crippen molar-refractivity contribution in [1.82, 2.24) is 10.6 Å². The second kappa shape index (κ2) is 24.1. The standard InChI is InChI=1S/C44H60FN3O12/c1-60-32-18-12-29(13-19-32)41-33(20-21-34(50)28-10-14-30(45)15-11-28)44(59)48(41)31-16-8-27(9-17-31)24-46-40(56)23-22-36(52)35(51)6-4-2-3-5-7-39(55)47-25-37(53)42(57)43(58)38(54)26-49/h8-19,33-38,41-43,49-54,57-58H,2-7,20-26H2,1H3,(H,46,56)(H,47,55)/t33-,34+,35?,36?,37+,38-,41-,42-,43-/m1/s1. The average molecular weight is 842 g/mol. The summed E-state index contributed by atoms with van der Waals surface area (Å²) >= 11 is 0. The molecule has 0 saturated carbocycles. The number of aliphatic hydroxyl groups is 8. The van der Waals surface area contributed by atoms with E-state index in [1.165, 1.54) is 24.3 Å². The van der Waals surface area contributed by atoms with Crippen molar-refractivity contribution in [1.29, 1.82) is 0 Å². The summed E-state index contributed by atoms with van der Waals surface area (Å²) in [6.07, 6.45) is -5.96. The minimum atomic E-state index is -1.77. The number of nitrogens with one attached hydrogen (secondary N) is 2. The minimum absolute atomic E-state index is 0.00118. The van der Waals surface area contributed by atoms with Crippen LogP contribution in [0.2, 0.25) is 0 Å². The molecule has 330 valence electrons. The van der Waals surface area contributed by atoms with E-state index in [1.807, 2.05) is 48.5 Å². The number of halogens is 1. The van der Waals surface area contributed by atoms with Gasteiger partial charge in [-0.25, -0.2) is 4.39 Å². The van der Waals surface area contributed by atoms with Gasteiger partial charge in [0.15, 0.2) is 0 Å². The Balaban J connectivity index is 1.15. The monoisotopic (exact) mass is 841 g/mol. The molecule has 4 rings (SSSR count). The van der Waals surface area contributed by atoms with Crippen molar-refractivity contribution in [3.8, 4) is 5.75 Å². The maximum Gasteiger partial charge on any atom is 0.233 e. The number of rotatable bonds is 26. The van der Waals surface area contributed by atoms with Crippen LogP contribution in [0.15, 0.2) is 72.8 Å². The van der Waals surface area contributed by atoms with E-state index in [4.69, 9.17) is 9.84 Å². The van der Waals surface area contributed by atoms with Crippen molar-refractivity contribution in [2.24, 2.45) is 5.92 Å². The first kappa shape index (κ1) is 48.1. The van der Waals surface area contributed by atoms with Crippen LogP contribution in [0.5, 0.6) is 5.75 Å². The lowest BCUT2D eigenvalue weighted by atomic mass is 9.78. The number of aliphatic hydroxyl groups excluding tert-OH is 8. The topological polar surface area (TPSA) is 250 Å². The Bertz CT molecular complexity index is 1770. The van der Waals surface area contributed by atoms with Gasteiger partial charge in [-0.3, -0.25) is 14.4 Å². The second-order valence-electron chi connectivity index (χ2n) is 15.3. The summed E-state index contributed by atoms with van der Waals surface area (Å²) in [6.45, 7) is -0.932. The molecule has 1 aliphatic rings. The number of amides is 3. The Morgan fingerprint density at radius 2 is 1.33 bits per heavy atom. The highest BCUT2D eigenvalue weighted by Crippen LogP contribution is 2.46. The lowest BCUT2D eigenvalue weighted by molar-refractivity contribution is -0.131. The molecule has 3 aromatic rings. The molecule has 3 aromatic carbocycles. The number of anilines is 1. The molecule has 1 aliphatic heterocycles. The lowest BCUT2D eigenvalue weighted by Gasteiger charge is -2.48. The van der Waals surface area contributed by atoms with Crippen molar-refractivity contribution in [3.05, 3.63) is 95.3 Å². The number of benzene rings is 3. The molecule has 60 heavy (non-hydrogen) atoms. The molecule has 1 fully saturated rings. The number of carbonyl (C=O) groups excluding carboxylic acids is 3. The number of carbonyl (C=O) groups is 3. The van der Waals surface area contributed by atoms with Gasteiger partial charge in [0.1, 0.15) is 29.9 Å². The van der Waals surface area contributed by atoms with Gasteiger partial charge in [-0.1, -0.05) is 55.7 Å². The second-order valence-corrected chi connectivity index (χ2v) is 15.3. The summed E-state index contributed by atoms with van der Waals surface area (Å²) in [4.78, 5) is 39.9. The number of hydrogen-bond donors (Lipinski definition) is 10. The Hall–Kier alpha value is -4.52. The van der Waals surface area contributed by atoms with E-state index in [9.17, 15) is 54.5 Å². The fourth-order valence-corrected chi connectivity index (χ4v) is 7.20. The summed E-state index contributed by atoms with van der Waals surface area (Å²) in [5, 5.41) is 84.4. The minimum Gasteiger partial charge on any atom is -0.497 e. The van der Waals surface area contributed by atoms with Crippen LogP contribution >= 0.6 is 0 Å². The number of unbranched alkanes of at least 4 members (excludes halogenated alkanes) is 3. The van der Waals surface area contributed by atoms with Gasteiger partial charge in [-0.05, 0) is 85.2 Å². The maximum absolute atomic E-state index is 13.6. The zero-order chi connectivity index (χ0) is 43.8. The van der Waals surface area contributed by atoms with Crippen LogP contribution in [0.4, 0.5) is 10.1 Å². The van der Waals surface area contributed by atoms with Gasteiger partial charge in [0.2, 0.25) is 17.7 Å². The highest BCUT2D eigenvalue weighted by Gasteiger charge is 2.48. The van der Waals surface area contributed by atoms with Crippen molar-refractivity contribution in [2.45, 2.75) is 120 Å². The Morgan fingerprint density at radius 1 is 0.717 bits per heavy atom. The summed E-state index contributed by atoms with van der Waals surface area (Å²) in [5.74, 6) is -0.859. The number of methoxy groups -OCH3 is 1. The maximum atomic E-state index is 13.6. The van der Waals surface area contributed by atoms with Crippen LogP contribution in [-0.4, -0.2) is 115 Å². The molecule has 2 unspecified atom stereocenters. The zero-order valence-electron chi connectivity index (χ0n) is 33.9. The van der Waals surface area contributed by atoms with E-state index in [0.29, 0.717) is 61.9 Å². The Kier molecular flexibility index (Phi) is 19.3. The van der Waals surface area contributed by atoms with Crippen LogP contribution in [-0.2, 0) is 20.9 Å². The van der Waals surface area contributed by atoms with E-state index in [-0.39, 0.29) is 62.0 Å². The van der Waals surface area contributed by atoms with Gasteiger partial charge in [-0.15, -0.1) is 0 Å². The van der Waals surface area contributed by atoms with Gasteiger partial charge in [0, 0.05) is 31.6 Å². The molecular weight excluding hydrogens is 781 g/mol. The van der Waals surface area contributed by atoms with Crippen LogP contribution in [0.3, 0.4) is 0 Å². The first-order valence-corrected chi connectivity index (χ1v) is 20.5. The van der Waals surface area contributed by atoms with Crippen molar-refractivity contribution < 1.29 is 64.4 Å². The molecule has 0 spiro atoms. The Labute approximate surface area is 349 Å². The predicted molar refractivity (Wildman–Crippen MR) is 219 cm³/mol. The van der Waals surface area contributed by atoms with Gasteiger partial charge in [-0.2, -0.15) is 0 Å². The van der Waals surface area contributed by atoms with E-state index < -0.39 is 55.2 Å². The molecule has 15 nitrogen and oxygen atoms in total. The summed E-state index contributed by atoms with van der Waals surface area (Å²) in [6, 6.07) is 20.1. The van der Waals surface area contributed by atoms with Crippen LogP contribution in [0.1, 0.15) is 93.0 Å². The molecule has 10 N–H and O–H groups in total. The van der Waals surface area contributed by atoms with Crippen molar-refractivity contribution in [3.63, 3.8) is 0 Å². The highest BCUT2D eigenvalue weighted by atomic mass is 19.1. The number of hydrogen-bond acceptors (Lipinski definition) is 12. The molecule has 0 aliphatic carbocycles. The molecule has 0 bridgehead atoms. The zero-order valence-corrected chi connectivity index (χ0v) is 33.9. The SMILES string of the molecule is COc1ccc([C@@H]2[C@@H](CC[C@H](O)c3ccc(F)cc3)C(=O)N2c2ccc(CNC(=O)CCC(O)C(O)CCCCCCC(=O)NC[C@H](O)[C@@H](O)[C@H](O)[C@H](O)CO)cc2)cc1. The third-order valence-electron chi connectivity index (χ3n) is 11.0. The third-order valence-corrected chi connectivity index (χ3v) is 11.0. The van der Waals surface area contributed by atoms with Crippen molar-refractivity contribution in [2.75, 3.05) is 25.2 Å². The third kappa shape index (κ3) is 14.0. The number of ether oxygens (including phenoxy) is 1. The van der Waals surface area contributed by atoms with Crippen LogP contribution in [0.25, 0.3) is 0 Å². The van der Waals surface area contributed by atoms with E-state index in [0.717, 1.165) is 11.1 Å². The Morgan fingerprint density at radius 3 is 1.98 bits per heavy atom. The van der Waals surface area contributed by atoms with Gasteiger partial charge >= 0.3 is 0 Å². The van der Waals surface area contributed by atoms with Gasteiger partial charge in [0.05, 0.1) is 50.1 Å². The molecule has 0 aromatic heterocycles.